The second-order valence-corrected chi connectivity index (χ2v) is 5.98. The Kier molecular flexibility index (Phi) is 3.41. The van der Waals surface area contributed by atoms with E-state index in [1.54, 1.807) is 0 Å². The van der Waals surface area contributed by atoms with Crippen molar-refractivity contribution >= 4 is 16.9 Å². The molecule has 0 saturated carbocycles. The second kappa shape index (κ2) is 5.11. The van der Waals surface area contributed by atoms with Crippen LogP contribution in [0.25, 0.3) is 10.9 Å². The summed E-state index contributed by atoms with van der Waals surface area (Å²) in [5, 5.41) is 10.3. The summed E-state index contributed by atoms with van der Waals surface area (Å²) in [6.45, 7) is 5.90. The summed E-state index contributed by atoms with van der Waals surface area (Å²) >= 11 is 0. The number of hydrogen-bond acceptors (Lipinski definition) is 3. The van der Waals surface area contributed by atoms with Crippen LogP contribution in [0.15, 0.2) is 12.1 Å². The number of rotatable bonds is 2. The molecule has 0 saturated heterocycles. The van der Waals surface area contributed by atoms with Crippen LogP contribution in [0.4, 0.5) is 0 Å². The molecule has 4 nitrogen and oxygen atoms in total. The van der Waals surface area contributed by atoms with E-state index in [1.807, 2.05) is 6.07 Å². The molecule has 1 aromatic heterocycles. The summed E-state index contributed by atoms with van der Waals surface area (Å²) in [4.78, 5) is 18.4. The number of likely N-dealkylation sites (N-methyl/N-ethyl adjacent to an activating group) is 1. The van der Waals surface area contributed by atoms with Crippen molar-refractivity contribution in [1.82, 2.24) is 9.88 Å². The number of carbonyl (C=O) groups is 1. The first-order valence-electron chi connectivity index (χ1n) is 7.28. The van der Waals surface area contributed by atoms with Gasteiger partial charge in [-0.15, -0.1) is 0 Å². The maximum absolute atomic E-state index is 11.3. The van der Waals surface area contributed by atoms with Gasteiger partial charge in [-0.25, -0.2) is 0 Å². The van der Waals surface area contributed by atoms with Crippen LogP contribution in [0.5, 0.6) is 0 Å². The molecule has 2 aromatic rings. The molecule has 0 bridgehead atoms. The van der Waals surface area contributed by atoms with Gasteiger partial charge in [0.15, 0.2) is 0 Å². The van der Waals surface area contributed by atoms with Gasteiger partial charge >= 0.3 is 5.97 Å². The van der Waals surface area contributed by atoms with Crippen LogP contribution in [-0.4, -0.2) is 34.6 Å². The highest BCUT2D eigenvalue weighted by Gasteiger charge is 2.22. The fourth-order valence-corrected chi connectivity index (χ4v) is 3.12. The third-order valence-corrected chi connectivity index (χ3v) is 4.47. The average Bonchev–Trinajstić information content (AvgIpc) is 2.43. The van der Waals surface area contributed by atoms with E-state index in [2.05, 4.69) is 31.9 Å². The Hall–Kier alpha value is -1.94. The fourth-order valence-electron chi connectivity index (χ4n) is 3.12. The van der Waals surface area contributed by atoms with Gasteiger partial charge in [0, 0.05) is 30.6 Å². The predicted octanol–water partition coefficient (Wildman–Crippen LogP) is 2.47. The molecule has 1 aliphatic rings. The smallest absolute Gasteiger partial charge is 0.307 e. The molecule has 1 aromatic carbocycles. The highest BCUT2D eigenvalue weighted by molar-refractivity contribution is 5.90. The summed E-state index contributed by atoms with van der Waals surface area (Å²) < 4.78 is 0. The van der Waals surface area contributed by atoms with Gasteiger partial charge in [-0.3, -0.25) is 9.78 Å². The number of benzene rings is 1. The summed E-state index contributed by atoms with van der Waals surface area (Å²) in [7, 11) is 2.07. The van der Waals surface area contributed by atoms with Gasteiger partial charge in [0.05, 0.1) is 11.9 Å². The SMILES string of the molecule is Cc1ccc2c(CC(=O)O)c3c(nc2c1C)CCN(C)C3. The van der Waals surface area contributed by atoms with Crippen molar-refractivity contribution in [3.8, 4) is 0 Å². The lowest BCUT2D eigenvalue weighted by Crippen LogP contribution is -2.29. The number of pyridine rings is 1. The first-order valence-corrected chi connectivity index (χ1v) is 7.28. The lowest BCUT2D eigenvalue weighted by Gasteiger charge is -2.27. The molecule has 0 amide bonds. The molecule has 1 N–H and O–H groups in total. The highest BCUT2D eigenvalue weighted by Crippen LogP contribution is 2.30. The Balaban J connectivity index is 2.33. The zero-order valence-electron chi connectivity index (χ0n) is 12.7. The molecule has 0 spiro atoms. The van der Waals surface area contributed by atoms with E-state index < -0.39 is 5.97 Å². The molecule has 2 heterocycles. The van der Waals surface area contributed by atoms with Crippen LogP contribution < -0.4 is 0 Å². The van der Waals surface area contributed by atoms with E-state index in [1.165, 1.54) is 5.56 Å². The molecule has 110 valence electrons. The van der Waals surface area contributed by atoms with Crippen molar-refractivity contribution in [3.05, 3.63) is 40.1 Å². The summed E-state index contributed by atoms with van der Waals surface area (Å²) in [5.74, 6) is -0.781. The normalized spacial score (nSPS) is 15.2. The van der Waals surface area contributed by atoms with E-state index >= 15 is 0 Å². The van der Waals surface area contributed by atoms with Crippen molar-refractivity contribution in [2.45, 2.75) is 33.2 Å². The minimum absolute atomic E-state index is 0.0672. The third kappa shape index (κ3) is 2.40. The van der Waals surface area contributed by atoms with Gasteiger partial charge in [0.1, 0.15) is 0 Å². The maximum atomic E-state index is 11.3. The molecular weight excluding hydrogens is 264 g/mol. The van der Waals surface area contributed by atoms with Gasteiger partial charge in [-0.1, -0.05) is 12.1 Å². The van der Waals surface area contributed by atoms with Gasteiger partial charge in [0.2, 0.25) is 0 Å². The first-order chi connectivity index (χ1) is 9.97. The Morgan fingerprint density at radius 1 is 1.38 bits per heavy atom. The molecule has 1 aliphatic heterocycles. The molecule has 0 unspecified atom stereocenters. The number of aliphatic carboxylic acids is 1. The minimum atomic E-state index is -0.781. The molecule has 0 atom stereocenters. The quantitative estimate of drug-likeness (QED) is 0.920. The predicted molar refractivity (Wildman–Crippen MR) is 82.6 cm³/mol. The van der Waals surface area contributed by atoms with E-state index in [0.717, 1.165) is 52.8 Å². The molecule has 4 heteroatoms. The molecular formula is C17H20N2O2. The van der Waals surface area contributed by atoms with Crippen molar-refractivity contribution in [1.29, 1.82) is 0 Å². The first kappa shape index (κ1) is 14.0. The Morgan fingerprint density at radius 3 is 2.86 bits per heavy atom. The van der Waals surface area contributed by atoms with Crippen LogP contribution in [0.2, 0.25) is 0 Å². The number of carboxylic acid groups (broad SMARTS) is 1. The number of nitrogens with zero attached hydrogens (tertiary/aromatic N) is 2. The van der Waals surface area contributed by atoms with Crippen molar-refractivity contribution < 1.29 is 9.90 Å². The number of aromatic nitrogens is 1. The van der Waals surface area contributed by atoms with E-state index in [0.29, 0.717) is 0 Å². The standard InChI is InChI=1S/C17H20N2O2/c1-10-4-5-12-13(8-16(20)21)14-9-19(3)7-6-15(14)18-17(12)11(10)2/h4-5H,6-9H2,1-3H3,(H,20,21). The van der Waals surface area contributed by atoms with Crippen LogP contribution in [0.3, 0.4) is 0 Å². The van der Waals surface area contributed by atoms with Crippen LogP contribution in [-0.2, 0) is 24.2 Å². The van der Waals surface area contributed by atoms with Gasteiger partial charge in [0.25, 0.3) is 0 Å². The molecule has 3 rings (SSSR count). The van der Waals surface area contributed by atoms with Crippen molar-refractivity contribution in [3.63, 3.8) is 0 Å². The minimum Gasteiger partial charge on any atom is -0.481 e. The molecule has 21 heavy (non-hydrogen) atoms. The summed E-state index contributed by atoms with van der Waals surface area (Å²) in [6, 6.07) is 4.08. The number of fused-ring (bicyclic) bond motifs is 2. The second-order valence-electron chi connectivity index (χ2n) is 5.98. The number of aryl methyl sites for hydroxylation is 2. The summed E-state index contributed by atoms with van der Waals surface area (Å²) in [6.07, 6.45) is 0.958. The lowest BCUT2D eigenvalue weighted by molar-refractivity contribution is -0.136. The Bertz CT molecular complexity index is 737. The Labute approximate surface area is 124 Å². The highest BCUT2D eigenvalue weighted by atomic mass is 16.4. The van der Waals surface area contributed by atoms with Gasteiger partial charge < -0.3 is 10.0 Å². The molecule has 0 radical (unpaired) electrons. The molecule has 0 aliphatic carbocycles. The monoisotopic (exact) mass is 284 g/mol. The number of carboxylic acids is 1. The maximum Gasteiger partial charge on any atom is 0.307 e. The largest absolute Gasteiger partial charge is 0.481 e. The number of hydrogen-bond donors (Lipinski definition) is 1. The third-order valence-electron chi connectivity index (χ3n) is 4.47. The molecule has 0 fully saturated rings. The van der Waals surface area contributed by atoms with Gasteiger partial charge in [-0.05, 0) is 43.1 Å². The summed E-state index contributed by atoms with van der Waals surface area (Å²) in [5.41, 5.74) is 6.45. The van der Waals surface area contributed by atoms with Crippen molar-refractivity contribution in [2.24, 2.45) is 0 Å². The average molecular weight is 284 g/mol. The topological polar surface area (TPSA) is 53.4 Å². The lowest BCUT2D eigenvalue weighted by atomic mass is 9.92. The van der Waals surface area contributed by atoms with Gasteiger partial charge in [-0.2, -0.15) is 0 Å². The zero-order chi connectivity index (χ0) is 15.1. The Morgan fingerprint density at radius 2 is 2.14 bits per heavy atom. The van der Waals surface area contributed by atoms with Crippen molar-refractivity contribution in [2.75, 3.05) is 13.6 Å². The van der Waals surface area contributed by atoms with E-state index in [9.17, 15) is 9.90 Å². The van der Waals surface area contributed by atoms with Crippen LogP contribution in [0, 0.1) is 13.8 Å². The van der Waals surface area contributed by atoms with Crippen LogP contribution in [0.1, 0.15) is 27.9 Å². The van der Waals surface area contributed by atoms with Crippen LogP contribution >= 0.6 is 0 Å². The zero-order valence-corrected chi connectivity index (χ0v) is 12.7. The fraction of sp³-hybridized carbons (Fsp3) is 0.412. The van der Waals surface area contributed by atoms with E-state index in [-0.39, 0.29) is 6.42 Å². The van der Waals surface area contributed by atoms with E-state index in [4.69, 9.17) is 4.98 Å².